The molecule has 0 saturated carbocycles. The van der Waals surface area contributed by atoms with Gasteiger partial charge in [-0.05, 0) is 77.3 Å². The van der Waals surface area contributed by atoms with E-state index in [1.165, 1.54) is 22.3 Å². The van der Waals surface area contributed by atoms with Crippen molar-refractivity contribution >= 4 is 5.97 Å². The Bertz CT molecular complexity index is 1320. The van der Waals surface area contributed by atoms with Gasteiger partial charge in [0.15, 0.2) is 0 Å². The molecule has 0 amide bonds. The van der Waals surface area contributed by atoms with Crippen LogP contribution >= 0.6 is 0 Å². The lowest BCUT2D eigenvalue weighted by Gasteiger charge is -2.19. The summed E-state index contributed by atoms with van der Waals surface area (Å²) in [5.41, 5.74) is 14.7. The molecule has 0 aromatic heterocycles. The summed E-state index contributed by atoms with van der Waals surface area (Å²) in [7, 11) is 0. The van der Waals surface area contributed by atoms with E-state index in [0.29, 0.717) is 17.2 Å². The fraction of sp³-hybridized carbons (Fsp3) is 0.182. The fourth-order valence-electron chi connectivity index (χ4n) is 4.45. The molecule has 0 aliphatic heterocycles. The second-order valence-corrected chi connectivity index (χ2v) is 9.34. The monoisotopic (exact) mass is 475 g/mol. The van der Waals surface area contributed by atoms with Crippen LogP contribution in [0.2, 0.25) is 0 Å². The van der Waals surface area contributed by atoms with Crippen LogP contribution in [0.1, 0.15) is 38.7 Å². The minimum Gasteiger partial charge on any atom is -0.423 e. The fourth-order valence-corrected chi connectivity index (χ4v) is 4.45. The molecule has 182 valence electrons. The Labute approximate surface area is 214 Å². The summed E-state index contributed by atoms with van der Waals surface area (Å²) in [5.74, 6) is 0.486. The number of hydrogen-bond donors (Lipinski definition) is 1. The van der Waals surface area contributed by atoms with Crippen LogP contribution in [0.5, 0.6) is 5.75 Å². The van der Waals surface area contributed by atoms with E-state index in [9.17, 15) is 4.79 Å². The summed E-state index contributed by atoms with van der Waals surface area (Å²) >= 11 is 0. The molecule has 4 aromatic rings. The maximum atomic E-state index is 11.7. The molecule has 0 saturated heterocycles. The van der Waals surface area contributed by atoms with Gasteiger partial charge < -0.3 is 10.5 Å². The van der Waals surface area contributed by atoms with Gasteiger partial charge in [0.25, 0.3) is 0 Å². The molecule has 0 aliphatic carbocycles. The zero-order chi connectivity index (χ0) is 25.7. The lowest BCUT2D eigenvalue weighted by Crippen LogP contribution is -2.24. The number of rotatable bonds is 8. The van der Waals surface area contributed by atoms with Gasteiger partial charge in [-0.15, -0.1) is 0 Å². The van der Waals surface area contributed by atoms with Gasteiger partial charge in [0.2, 0.25) is 0 Å². The summed E-state index contributed by atoms with van der Waals surface area (Å²) in [6, 6.07) is 33.6. The third-order valence-corrected chi connectivity index (χ3v) is 6.60. The van der Waals surface area contributed by atoms with Crippen LogP contribution in [0.3, 0.4) is 0 Å². The lowest BCUT2D eigenvalue weighted by atomic mass is 9.89. The first-order valence-corrected chi connectivity index (χ1v) is 12.4. The largest absolute Gasteiger partial charge is 0.423 e. The summed E-state index contributed by atoms with van der Waals surface area (Å²) in [4.78, 5) is 11.7. The van der Waals surface area contributed by atoms with Crippen LogP contribution in [0.25, 0.3) is 33.4 Å². The van der Waals surface area contributed by atoms with E-state index in [4.69, 9.17) is 10.5 Å². The number of nitrogens with two attached hydrogens (primary N) is 1. The second-order valence-electron chi connectivity index (χ2n) is 9.34. The Kier molecular flexibility index (Phi) is 7.82. The summed E-state index contributed by atoms with van der Waals surface area (Å²) in [6.07, 6.45) is 1.04. The normalized spacial score (nSPS) is 12.6. The summed E-state index contributed by atoms with van der Waals surface area (Å²) < 4.78 is 5.27. The third-order valence-electron chi connectivity index (χ3n) is 6.60. The van der Waals surface area contributed by atoms with Gasteiger partial charge >= 0.3 is 5.97 Å². The Morgan fingerprint density at radius 3 is 1.36 bits per heavy atom. The number of carbonyl (C=O) groups excluding carboxylic acids is 1. The molecule has 0 fully saturated rings. The van der Waals surface area contributed by atoms with Crippen molar-refractivity contribution in [2.45, 2.75) is 39.2 Å². The molecule has 4 rings (SSSR count). The van der Waals surface area contributed by atoms with Gasteiger partial charge in [0.1, 0.15) is 5.75 Å². The Hall–Kier alpha value is -3.95. The van der Waals surface area contributed by atoms with E-state index in [-0.39, 0.29) is 6.04 Å². The SMILES string of the molecule is C=C(C)C(=O)Oc1ccc(-c2ccc(-c3ccc(-c4ccc(C(CC)C(C)N)cc4)cc3)cc2)cc1. The quantitative estimate of drug-likeness (QED) is 0.159. The first kappa shape index (κ1) is 25.2. The zero-order valence-corrected chi connectivity index (χ0v) is 21.2. The van der Waals surface area contributed by atoms with Crippen molar-refractivity contribution in [2.24, 2.45) is 5.73 Å². The highest BCUT2D eigenvalue weighted by molar-refractivity contribution is 5.88. The molecule has 3 heteroatoms. The molecule has 0 bridgehead atoms. The molecule has 0 radical (unpaired) electrons. The van der Waals surface area contributed by atoms with Gasteiger partial charge in [-0.3, -0.25) is 0 Å². The van der Waals surface area contributed by atoms with E-state index < -0.39 is 5.97 Å². The van der Waals surface area contributed by atoms with Crippen molar-refractivity contribution in [1.29, 1.82) is 0 Å². The van der Waals surface area contributed by atoms with E-state index >= 15 is 0 Å². The average molecular weight is 476 g/mol. The standard InChI is InChI=1S/C33H33NO2/c1-5-32(23(4)34)30-16-14-28(15-17-30)26-8-6-24(7-9-26)25-10-12-27(13-11-25)29-18-20-31(21-19-29)36-33(35)22(2)3/h6-21,23,32H,2,5,34H2,1,3-4H3. The van der Waals surface area contributed by atoms with Crippen LogP contribution in [-0.2, 0) is 4.79 Å². The minimum atomic E-state index is -0.415. The summed E-state index contributed by atoms with van der Waals surface area (Å²) in [5, 5.41) is 0. The number of ether oxygens (including phenoxy) is 1. The highest BCUT2D eigenvalue weighted by atomic mass is 16.5. The smallest absolute Gasteiger partial charge is 0.338 e. The van der Waals surface area contributed by atoms with Crippen molar-refractivity contribution in [2.75, 3.05) is 0 Å². The average Bonchev–Trinajstić information content (AvgIpc) is 2.90. The first-order valence-electron chi connectivity index (χ1n) is 12.4. The Morgan fingerprint density at radius 1 is 0.722 bits per heavy atom. The van der Waals surface area contributed by atoms with E-state index in [0.717, 1.165) is 23.1 Å². The first-order chi connectivity index (χ1) is 17.4. The zero-order valence-electron chi connectivity index (χ0n) is 21.2. The number of carbonyl (C=O) groups is 1. The third kappa shape index (κ3) is 5.81. The number of hydrogen-bond acceptors (Lipinski definition) is 3. The molecule has 4 aromatic carbocycles. The predicted octanol–water partition coefficient (Wildman–Crippen LogP) is 8.01. The maximum Gasteiger partial charge on any atom is 0.338 e. The van der Waals surface area contributed by atoms with Gasteiger partial charge in [-0.1, -0.05) is 98.4 Å². The second kappa shape index (κ2) is 11.2. The predicted molar refractivity (Wildman–Crippen MR) is 150 cm³/mol. The van der Waals surface area contributed by atoms with Gasteiger partial charge in [0.05, 0.1) is 0 Å². The van der Waals surface area contributed by atoms with E-state index in [2.05, 4.69) is 93.2 Å². The Balaban J connectivity index is 1.45. The Morgan fingerprint density at radius 2 is 1.06 bits per heavy atom. The molecule has 36 heavy (non-hydrogen) atoms. The van der Waals surface area contributed by atoms with Crippen LogP contribution in [0.15, 0.2) is 109 Å². The van der Waals surface area contributed by atoms with Crippen molar-refractivity contribution in [3.8, 4) is 39.1 Å². The van der Waals surface area contributed by atoms with Gasteiger partial charge in [-0.25, -0.2) is 4.79 Å². The maximum absolute atomic E-state index is 11.7. The van der Waals surface area contributed by atoms with E-state index in [1.54, 1.807) is 19.1 Å². The molecule has 3 nitrogen and oxygen atoms in total. The number of esters is 1. The molecule has 0 heterocycles. The lowest BCUT2D eigenvalue weighted by molar-refractivity contribution is -0.130. The molecule has 2 unspecified atom stereocenters. The van der Waals surface area contributed by atoms with Crippen molar-refractivity contribution in [3.05, 3.63) is 115 Å². The van der Waals surface area contributed by atoms with E-state index in [1.807, 2.05) is 12.1 Å². The van der Waals surface area contributed by atoms with Crippen molar-refractivity contribution in [3.63, 3.8) is 0 Å². The molecule has 2 N–H and O–H groups in total. The highest BCUT2D eigenvalue weighted by Gasteiger charge is 2.14. The van der Waals surface area contributed by atoms with Crippen LogP contribution in [-0.4, -0.2) is 12.0 Å². The van der Waals surface area contributed by atoms with Crippen LogP contribution in [0.4, 0.5) is 0 Å². The highest BCUT2D eigenvalue weighted by Crippen LogP contribution is 2.30. The van der Waals surface area contributed by atoms with Gasteiger partial charge in [0, 0.05) is 11.6 Å². The molecule has 2 atom stereocenters. The topological polar surface area (TPSA) is 52.3 Å². The van der Waals surface area contributed by atoms with Crippen molar-refractivity contribution < 1.29 is 9.53 Å². The number of benzene rings is 4. The minimum absolute atomic E-state index is 0.150. The van der Waals surface area contributed by atoms with Crippen LogP contribution < -0.4 is 10.5 Å². The van der Waals surface area contributed by atoms with Gasteiger partial charge in [-0.2, -0.15) is 0 Å². The summed E-state index contributed by atoms with van der Waals surface area (Å²) in [6.45, 7) is 9.51. The molecule has 0 spiro atoms. The van der Waals surface area contributed by atoms with Crippen molar-refractivity contribution in [1.82, 2.24) is 0 Å². The molecule has 0 aliphatic rings. The molecular weight excluding hydrogens is 442 g/mol. The van der Waals surface area contributed by atoms with Crippen LogP contribution in [0, 0.1) is 0 Å². The molecular formula is C33H33NO2.